The van der Waals surface area contributed by atoms with Gasteiger partial charge in [-0.3, -0.25) is 4.79 Å². The maximum Gasteiger partial charge on any atom is 0.223 e. The Balaban J connectivity index is 1.56. The quantitative estimate of drug-likeness (QED) is 0.836. The van der Waals surface area contributed by atoms with Gasteiger partial charge in [-0.05, 0) is 32.6 Å². The Hall–Kier alpha value is -1.32. The Morgan fingerprint density at radius 3 is 2.48 bits per heavy atom. The third-order valence-corrected chi connectivity index (χ3v) is 5.62. The van der Waals surface area contributed by atoms with Gasteiger partial charge in [0.05, 0.1) is 0 Å². The number of amides is 1. The normalized spacial score (nSPS) is 20.6. The fraction of sp³-hybridized carbons (Fsp3) is 0.789. The van der Waals surface area contributed by atoms with Crippen molar-refractivity contribution in [1.29, 1.82) is 0 Å². The van der Waals surface area contributed by atoms with Crippen LogP contribution in [0.2, 0.25) is 0 Å². The minimum absolute atomic E-state index is 0.256. The topological polar surface area (TPSA) is 46.9 Å². The van der Waals surface area contributed by atoms with Crippen molar-refractivity contribution in [3.05, 3.63) is 17.7 Å². The molecular weight excluding hydrogens is 286 g/mol. The summed E-state index contributed by atoms with van der Waals surface area (Å²) >= 11 is 0. The van der Waals surface area contributed by atoms with Crippen molar-refractivity contribution in [2.75, 3.05) is 6.54 Å². The van der Waals surface area contributed by atoms with Crippen LogP contribution < -0.4 is 5.32 Å². The second-order valence-corrected chi connectivity index (χ2v) is 7.35. The van der Waals surface area contributed by atoms with Crippen molar-refractivity contribution in [2.45, 2.75) is 83.6 Å². The van der Waals surface area contributed by atoms with Gasteiger partial charge in [-0.25, -0.2) is 4.98 Å². The number of nitrogens with zero attached hydrogens (tertiary/aromatic N) is 2. The summed E-state index contributed by atoms with van der Waals surface area (Å²) in [5, 5.41) is 3.13. The maximum atomic E-state index is 12.1. The minimum atomic E-state index is 0.256. The minimum Gasteiger partial charge on any atom is -0.355 e. The molecule has 23 heavy (non-hydrogen) atoms. The van der Waals surface area contributed by atoms with E-state index in [1.807, 2.05) is 6.20 Å². The molecular formula is C19H31N3O. The average Bonchev–Trinajstić information content (AvgIpc) is 3.12. The zero-order chi connectivity index (χ0) is 16.1. The molecule has 128 valence electrons. The maximum absolute atomic E-state index is 12.1. The van der Waals surface area contributed by atoms with Gasteiger partial charge in [0.15, 0.2) is 0 Å². The van der Waals surface area contributed by atoms with Gasteiger partial charge in [0.2, 0.25) is 5.91 Å². The third kappa shape index (κ3) is 4.15. The van der Waals surface area contributed by atoms with E-state index in [0.29, 0.717) is 6.04 Å². The lowest BCUT2D eigenvalue weighted by molar-refractivity contribution is -0.124. The van der Waals surface area contributed by atoms with Gasteiger partial charge in [0.1, 0.15) is 5.82 Å². The van der Waals surface area contributed by atoms with Crippen LogP contribution in [0.1, 0.15) is 81.8 Å². The third-order valence-electron chi connectivity index (χ3n) is 5.62. The van der Waals surface area contributed by atoms with E-state index in [-0.39, 0.29) is 11.8 Å². The molecule has 0 spiro atoms. The molecule has 0 bridgehead atoms. The van der Waals surface area contributed by atoms with Gasteiger partial charge in [0, 0.05) is 36.8 Å². The van der Waals surface area contributed by atoms with Gasteiger partial charge in [-0.1, -0.05) is 38.5 Å². The first-order valence-electron chi connectivity index (χ1n) is 9.56. The van der Waals surface area contributed by atoms with E-state index in [0.717, 1.165) is 31.6 Å². The number of imidazole rings is 1. The second kappa shape index (κ2) is 7.98. The van der Waals surface area contributed by atoms with Crippen molar-refractivity contribution < 1.29 is 4.79 Å². The molecule has 4 heteroatoms. The summed E-state index contributed by atoms with van der Waals surface area (Å²) in [6, 6.07) is 0.612. The lowest BCUT2D eigenvalue weighted by Crippen LogP contribution is -2.31. The highest BCUT2D eigenvalue weighted by atomic mass is 16.1. The van der Waals surface area contributed by atoms with E-state index >= 15 is 0 Å². The molecule has 1 N–H and O–H groups in total. The van der Waals surface area contributed by atoms with Crippen molar-refractivity contribution in [3.8, 4) is 0 Å². The van der Waals surface area contributed by atoms with E-state index in [1.54, 1.807) is 0 Å². The highest BCUT2D eigenvalue weighted by molar-refractivity contribution is 5.78. The monoisotopic (exact) mass is 317 g/mol. The molecule has 0 saturated heterocycles. The van der Waals surface area contributed by atoms with E-state index < -0.39 is 0 Å². The molecule has 0 aromatic carbocycles. The van der Waals surface area contributed by atoms with Gasteiger partial charge >= 0.3 is 0 Å². The van der Waals surface area contributed by atoms with Crippen LogP contribution in [-0.2, 0) is 11.2 Å². The summed E-state index contributed by atoms with van der Waals surface area (Å²) in [6.07, 6.45) is 15.4. The molecule has 0 aliphatic heterocycles. The SMILES string of the molecule is Cc1cnc(CCNC(=O)C2CCCC2)n1C1CCCCCC1. The van der Waals surface area contributed by atoms with Crippen molar-refractivity contribution in [2.24, 2.45) is 5.92 Å². The van der Waals surface area contributed by atoms with E-state index in [4.69, 9.17) is 0 Å². The standard InChI is InChI=1S/C19H31N3O/c1-15-14-21-18(22(15)17-10-4-2-3-5-11-17)12-13-20-19(23)16-8-6-7-9-16/h14,16-17H,2-13H2,1H3,(H,20,23). The molecule has 4 nitrogen and oxygen atoms in total. The molecule has 1 aromatic heterocycles. The number of carbonyl (C=O) groups is 1. The number of aryl methyl sites for hydroxylation is 1. The summed E-state index contributed by atoms with van der Waals surface area (Å²) in [5.74, 6) is 1.67. The Morgan fingerprint density at radius 2 is 1.78 bits per heavy atom. The molecule has 2 aliphatic carbocycles. The molecule has 0 radical (unpaired) electrons. The van der Waals surface area contributed by atoms with Gasteiger partial charge in [-0.2, -0.15) is 0 Å². The van der Waals surface area contributed by atoms with Crippen LogP contribution >= 0.6 is 0 Å². The Labute approximate surface area is 140 Å². The molecule has 0 atom stereocenters. The Morgan fingerprint density at radius 1 is 1.13 bits per heavy atom. The molecule has 1 heterocycles. The first kappa shape index (κ1) is 16.5. The van der Waals surface area contributed by atoms with Crippen molar-refractivity contribution in [3.63, 3.8) is 0 Å². The number of aromatic nitrogens is 2. The van der Waals surface area contributed by atoms with Crippen LogP contribution in [0.5, 0.6) is 0 Å². The Kier molecular flexibility index (Phi) is 5.74. The second-order valence-electron chi connectivity index (χ2n) is 7.35. The summed E-state index contributed by atoms with van der Waals surface area (Å²) in [7, 11) is 0. The predicted molar refractivity (Wildman–Crippen MR) is 92.4 cm³/mol. The van der Waals surface area contributed by atoms with Crippen LogP contribution in [0.15, 0.2) is 6.20 Å². The summed E-state index contributed by atoms with van der Waals surface area (Å²) in [4.78, 5) is 16.8. The van der Waals surface area contributed by atoms with Crippen molar-refractivity contribution >= 4 is 5.91 Å². The highest BCUT2D eigenvalue weighted by Crippen LogP contribution is 2.29. The molecule has 1 amide bonds. The van der Waals surface area contributed by atoms with Crippen molar-refractivity contribution in [1.82, 2.24) is 14.9 Å². The molecule has 2 fully saturated rings. The summed E-state index contributed by atoms with van der Waals surface area (Å²) in [6.45, 7) is 2.89. The van der Waals surface area contributed by atoms with Crippen LogP contribution in [0, 0.1) is 12.8 Å². The highest BCUT2D eigenvalue weighted by Gasteiger charge is 2.23. The molecule has 2 aliphatic rings. The number of rotatable bonds is 5. The first-order valence-corrected chi connectivity index (χ1v) is 9.56. The first-order chi connectivity index (χ1) is 11.3. The van der Waals surface area contributed by atoms with Crippen LogP contribution in [0.4, 0.5) is 0 Å². The lowest BCUT2D eigenvalue weighted by atomic mass is 10.1. The van der Waals surface area contributed by atoms with Gasteiger partial charge in [-0.15, -0.1) is 0 Å². The van der Waals surface area contributed by atoms with E-state index in [1.165, 1.54) is 57.1 Å². The molecule has 3 rings (SSSR count). The zero-order valence-electron chi connectivity index (χ0n) is 14.5. The van der Waals surface area contributed by atoms with Crippen LogP contribution in [-0.4, -0.2) is 22.0 Å². The van der Waals surface area contributed by atoms with Crippen LogP contribution in [0.25, 0.3) is 0 Å². The Bertz CT molecular complexity index is 509. The molecule has 2 saturated carbocycles. The van der Waals surface area contributed by atoms with E-state index in [9.17, 15) is 4.79 Å². The fourth-order valence-corrected chi connectivity index (χ4v) is 4.33. The summed E-state index contributed by atoms with van der Waals surface area (Å²) < 4.78 is 2.45. The number of hydrogen-bond acceptors (Lipinski definition) is 2. The lowest BCUT2D eigenvalue weighted by Gasteiger charge is -2.21. The van der Waals surface area contributed by atoms with Gasteiger partial charge in [0.25, 0.3) is 0 Å². The van der Waals surface area contributed by atoms with Gasteiger partial charge < -0.3 is 9.88 Å². The smallest absolute Gasteiger partial charge is 0.223 e. The number of carbonyl (C=O) groups excluding carboxylic acids is 1. The zero-order valence-corrected chi connectivity index (χ0v) is 14.5. The number of nitrogens with one attached hydrogen (secondary N) is 1. The molecule has 1 aromatic rings. The summed E-state index contributed by atoms with van der Waals surface area (Å²) in [5.41, 5.74) is 1.27. The largest absolute Gasteiger partial charge is 0.355 e. The van der Waals surface area contributed by atoms with Crippen LogP contribution in [0.3, 0.4) is 0 Å². The predicted octanol–water partition coefficient (Wildman–Crippen LogP) is 3.94. The fourth-order valence-electron chi connectivity index (χ4n) is 4.33. The van der Waals surface area contributed by atoms with E-state index in [2.05, 4.69) is 21.8 Å². The number of hydrogen-bond donors (Lipinski definition) is 1. The molecule has 0 unspecified atom stereocenters. The average molecular weight is 317 g/mol.